The van der Waals surface area contributed by atoms with Crippen molar-refractivity contribution in [2.24, 2.45) is 0 Å². The van der Waals surface area contributed by atoms with Crippen molar-refractivity contribution >= 4 is 29.1 Å². The number of nitrogens with one attached hydrogen (secondary N) is 1. The summed E-state index contributed by atoms with van der Waals surface area (Å²) in [6.07, 6.45) is -2.61. The zero-order valence-electron chi connectivity index (χ0n) is 20.6. The second kappa shape index (κ2) is 11.8. The molecule has 0 radical (unpaired) electrons. The van der Waals surface area contributed by atoms with E-state index in [4.69, 9.17) is 32.7 Å². The van der Waals surface area contributed by atoms with Crippen molar-refractivity contribution in [2.75, 3.05) is 33.4 Å². The predicted molar refractivity (Wildman–Crippen MR) is 133 cm³/mol. The molecule has 3 heterocycles. The second-order valence-electron chi connectivity index (χ2n) is 9.37. The minimum atomic E-state index is -4.80. The molecule has 12 heteroatoms. The van der Waals surface area contributed by atoms with Gasteiger partial charge in [-0.2, -0.15) is 13.2 Å². The Morgan fingerprint density at radius 2 is 1.92 bits per heavy atom. The van der Waals surface area contributed by atoms with Crippen molar-refractivity contribution in [3.8, 4) is 0 Å². The Kier molecular flexibility index (Phi) is 8.96. The van der Waals surface area contributed by atoms with Gasteiger partial charge in [0.25, 0.3) is 5.91 Å². The van der Waals surface area contributed by atoms with Gasteiger partial charge in [-0.3, -0.25) is 4.79 Å². The van der Waals surface area contributed by atoms with E-state index in [1.807, 2.05) is 0 Å². The second-order valence-corrected chi connectivity index (χ2v) is 10.2. The van der Waals surface area contributed by atoms with Gasteiger partial charge in [-0.15, -0.1) is 0 Å². The van der Waals surface area contributed by atoms with Crippen molar-refractivity contribution in [1.82, 2.24) is 20.2 Å². The summed E-state index contributed by atoms with van der Waals surface area (Å²) in [5.74, 6) is -1.86. The molecule has 2 fully saturated rings. The van der Waals surface area contributed by atoms with Gasteiger partial charge in [-0.05, 0) is 43.9 Å². The zero-order valence-corrected chi connectivity index (χ0v) is 22.1. The highest BCUT2D eigenvalue weighted by Gasteiger charge is 2.38. The fourth-order valence-corrected chi connectivity index (χ4v) is 5.07. The normalized spacial score (nSPS) is 21.3. The first-order chi connectivity index (χ1) is 17.6. The molecule has 2 aromatic rings. The number of nitrogens with zero attached hydrogens (tertiary/aromatic N) is 3. The number of aromatic nitrogens is 2. The lowest BCUT2D eigenvalue weighted by atomic mass is 9.99. The number of amides is 1. The highest BCUT2D eigenvalue weighted by atomic mass is 35.5. The van der Waals surface area contributed by atoms with Crippen LogP contribution in [-0.2, 0) is 22.1 Å². The van der Waals surface area contributed by atoms with Crippen molar-refractivity contribution in [1.29, 1.82) is 0 Å². The van der Waals surface area contributed by atoms with Gasteiger partial charge in [-0.25, -0.2) is 9.97 Å². The standard InChI is InChI=1S/C25H29Cl2F3N4O3/c1-14-20(12-15-3-4-17(26)18(27)11-15)32-24(25(28,29)30)33-22(14)23(35)34-8-5-16(6-9-34)31-19-7-10-37-13-21(19)36-2/h3-4,11,16,19,21,31H,5-10,12-13H2,1-2H3/t19-,21+/m1/s1. The van der Waals surface area contributed by atoms with Gasteiger partial charge < -0.3 is 19.7 Å². The molecule has 202 valence electrons. The number of carbonyl (C=O) groups is 1. The average Bonchev–Trinajstić information content (AvgIpc) is 2.87. The molecular weight excluding hydrogens is 532 g/mol. The van der Waals surface area contributed by atoms with Crippen LogP contribution in [0.25, 0.3) is 0 Å². The largest absolute Gasteiger partial charge is 0.451 e. The van der Waals surface area contributed by atoms with Crippen LogP contribution in [0.15, 0.2) is 18.2 Å². The Morgan fingerprint density at radius 1 is 1.19 bits per heavy atom. The molecule has 0 unspecified atom stereocenters. The lowest BCUT2D eigenvalue weighted by molar-refractivity contribution is -0.145. The number of halogens is 5. The Bertz CT molecular complexity index is 1130. The third-order valence-electron chi connectivity index (χ3n) is 6.90. The summed E-state index contributed by atoms with van der Waals surface area (Å²) in [6, 6.07) is 5.14. The minimum absolute atomic E-state index is 0.0354. The lowest BCUT2D eigenvalue weighted by Crippen LogP contribution is -2.54. The van der Waals surface area contributed by atoms with Gasteiger partial charge in [0.2, 0.25) is 5.82 Å². The van der Waals surface area contributed by atoms with Crippen LogP contribution in [0.3, 0.4) is 0 Å². The molecule has 37 heavy (non-hydrogen) atoms. The number of alkyl halides is 3. The molecule has 1 aromatic heterocycles. The summed E-state index contributed by atoms with van der Waals surface area (Å²) in [5.41, 5.74) is 0.824. The zero-order chi connectivity index (χ0) is 26.7. The van der Waals surface area contributed by atoms with Gasteiger partial charge >= 0.3 is 6.18 Å². The Morgan fingerprint density at radius 3 is 2.57 bits per heavy atom. The van der Waals surface area contributed by atoms with Crippen LogP contribution in [0.5, 0.6) is 0 Å². The number of hydrogen-bond acceptors (Lipinski definition) is 6. The molecule has 7 nitrogen and oxygen atoms in total. The molecule has 0 spiro atoms. The Labute approximate surface area is 223 Å². The van der Waals surface area contributed by atoms with Gasteiger partial charge in [-0.1, -0.05) is 29.3 Å². The van der Waals surface area contributed by atoms with Gasteiger partial charge in [0, 0.05) is 50.9 Å². The number of carbonyl (C=O) groups excluding carboxylic acids is 1. The van der Waals surface area contributed by atoms with E-state index in [1.165, 1.54) is 0 Å². The van der Waals surface area contributed by atoms with Crippen LogP contribution in [0.1, 0.15) is 52.4 Å². The van der Waals surface area contributed by atoms with E-state index in [-0.39, 0.29) is 41.0 Å². The van der Waals surface area contributed by atoms with E-state index >= 15 is 0 Å². The summed E-state index contributed by atoms with van der Waals surface area (Å²) in [4.78, 5) is 22.4. The summed E-state index contributed by atoms with van der Waals surface area (Å²) >= 11 is 12.0. The number of likely N-dealkylation sites (tertiary alicyclic amines) is 1. The summed E-state index contributed by atoms with van der Waals surface area (Å²) in [5, 5.41) is 4.23. The van der Waals surface area contributed by atoms with E-state index in [9.17, 15) is 18.0 Å². The summed E-state index contributed by atoms with van der Waals surface area (Å²) in [6.45, 7) is 3.58. The lowest BCUT2D eigenvalue weighted by Gasteiger charge is -2.38. The number of methoxy groups -OCH3 is 1. The number of piperidine rings is 1. The van der Waals surface area contributed by atoms with E-state index in [0.29, 0.717) is 55.3 Å². The smallest absolute Gasteiger partial charge is 0.379 e. The molecule has 1 aromatic carbocycles. The van der Waals surface area contributed by atoms with E-state index in [1.54, 1.807) is 37.1 Å². The van der Waals surface area contributed by atoms with Gasteiger partial charge in [0.1, 0.15) is 5.69 Å². The van der Waals surface area contributed by atoms with E-state index < -0.39 is 17.9 Å². The molecule has 2 aliphatic heterocycles. The van der Waals surface area contributed by atoms with Crippen LogP contribution >= 0.6 is 23.2 Å². The average molecular weight is 561 g/mol. The van der Waals surface area contributed by atoms with Crippen LogP contribution < -0.4 is 5.32 Å². The van der Waals surface area contributed by atoms with Gasteiger partial charge in [0.05, 0.1) is 28.5 Å². The van der Waals surface area contributed by atoms with Crippen molar-refractivity contribution in [3.63, 3.8) is 0 Å². The maximum atomic E-state index is 13.7. The molecule has 2 atom stereocenters. The number of hydrogen-bond donors (Lipinski definition) is 1. The quantitative estimate of drug-likeness (QED) is 0.552. The van der Waals surface area contributed by atoms with E-state index in [2.05, 4.69) is 15.3 Å². The first kappa shape index (κ1) is 28.0. The first-order valence-corrected chi connectivity index (χ1v) is 12.9. The fraction of sp³-hybridized carbons (Fsp3) is 0.560. The number of benzene rings is 1. The van der Waals surface area contributed by atoms with Crippen molar-refractivity contribution in [3.05, 3.63) is 56.6 Å². The summed E-state index contributed by atoms with van der Waals surface area (Å²) in [7, 11) is 1.66. The molecule has 0 bridgehead atoms. The van der Waals surface area contributed by atoms with E-state index in [0.717, 1.165) is 6.42 Å². The topological polar surface area (TPSA) is 76.6 Å². The molecule has 2 saturated heterocycles. The molecule has 1 amide bonds. The molecular formula is C25H29Cl2F3N4O3. The number of rotatable bonds is 6. The molecule has 0 saturated carbocycles. The SMILES string of the molecule is CO[C@H]1COCC[C@H]1NC1CCN(C(=O)c2nc(C(F)(F)F)nc(Cc3ccc(Cl)c(Cl)c3)c2C)CC1. The van der Waals surface area contributed by atoms with Crippen molar-refractivity contribution < 1.29 is 27.4 Å². The third kappa shape index (κ3) is 6.72. The highest BCUT2D eigenvalue weighted by molar-refractivity contribution is 6.42. The maximum Gasteiger partial charge on any atom is 0.451 e. The van der Waals surface area contributed by atoms with Crippen molar-refractivity contribution in [2.45, 2.75) is 57.0 Å². The fourth-order valence-electron chi connectivity index (χ4n) is 4.75. The Balaban J connectivity index is 1.50. The van der Waals surface area contributed by atoms with Gasteiger partial charge in [0.15, 0.2) is 0 Å². The predicted octanol–water partition coefficient (Wildman–Crippen LogP) is 4.70. The maximum absolute atomic E-state index is 13.7. The first-order valence-electron chi connectivity index (χ1n) is 12.1. The molecule has 4 rings (SSSR count). The third-order valence-corrected chi connectivity index (χ3v) is 7.64. The van der Waals surface area contributed by atoms with Crippen LogP contribution in [-0.4, -0.2) is 72.4 Å². The minimum Gasteiger partial charge on any atom is -0.379 e. The molecule has 1 N–H and O–H groups in total. The molecule has 0 aliphatic carbocycles. The Hall–Kier alpha value is -1.98. The van der Waals surface area contributed by atoms with Crippen LogP contribution in [0.2, 0.25) is 10.0 Å². The van der Waals surface area contributed by atoms with Crippen LogP contribution in [0.4, 0.5) is 13.2 Å². The molecule has 2 aliphatic rings. The highest BCUT2D eigenvalue weighted by Crippen LogP contribution is 2.30. The van der Waals surface area contributed by atoms with Crippen LogP contribution in [0, 0.1) is 6.92 Å². The number of ether oxygens (including phenoxy) is 2. The monoisotopic (exact) mass is 560 g/mol. The summed E-state index contributed by atoms with van der Waals surface area (Å²) < 4.78 is 52.0.